The molecule has 0 fully saturated rings. The minimum absolute atomic E-state index is 0.145. The van der Waals surface area contributed by atoms with Crippen LogP contribution < -0.4 is 0 Å². The summed E-state index contributed by atoms with van der Waals surface area (Å²) < 4.78 is 2.49. The van der Waals surface area contributed by atoms with E-state index in [9.17, 15) is 9.90 Å². The van der Waals surface area contributed by atoms with Gasteiger partial charge in [-0.05, 0) is 24.6 Å². The number of nitrogens with zero attached hydrogens (tertiary/aromatic N) is 3. The monoisotopic (exact) mass is 331 g/mol. The fourth-order valence-electron chi connectivity index (χ4n) is 2.17. The van der Waals surface area contributed by atoms with E-state index in [4.69, 9.17) is 0 Å². The molecule has 0 bridgehead atoms. The molecule has 6 heteroatoms. The van der Waals surface area contributed by atoms with Crippen LogP contribution in [0.4, 0.5) is 0 Å². The number of rotatable bonds is 2. The average molecular weight is 332 g/mol. The number of halogens is 1. The Morgan fingerprint density at radius 2 is 2.00 bits per heavy atom. The molecule has 0 aliphatic carbocycles. The number of carbonyl (C=O) groups is 1. The molecule has 0 spiro atoms. The lowest BCUT2D eigenvalue weighted by Crippen LogP contribution is -2.04. The molecular weight excluding hydrogens is 322 g/mol. The molecular formula is C14H10BrN3O2. The van der Waals surface area contributed by atoms with E-state index in [1.54, 1.807) is 13.1 Å². The first-order valence-corrected chi connectivity index (χ1v) is 6.69. The molecule has 3 aromatic rings. The van der Waals surface area contributed by atoms with E-state index in [0.717, 1.165) is 15.6 Å². The lowest BCUT2D eigenvalue weighted by atomic mass is 10.1. The van der Waals surface area contributed by atoms with E-state index >= 15 is 0 Å². The van der Waals surface area contributed by atoms with Gasteiger partial charge in [-0.15, -0.1) is 0 Å². The maximum atomic E-state index is 11.3. The standard InChI is InChI=1S/C14H10BrN3O2/c1-8-12(14(19)20)18-7-16-6-11(13(18)17-8)9-2-4-10(15)5-3-9/h2-7H,1H3,(H,19,20). The molecule has 0 radical (unpaired) electrons. The van der Waals surface area contributed by atoms with Gasteiger partial charge in [0.15, 0.2) is 5.69 Å². The largest absolute Gasteiger partial charge is 0.477 e. The highest BCUT2D eigenvalue weighted by molar-refractivity contribution is 9.10. The fourth-order valence-corrected chi connectivity index (χ4v) is 2.44. The van der Waals surface area contributed by atoms with Crippen LogP contribution in [0.5, 0.6) is 0 Å². The number of aromatic carboxylic acids is 1. The first kappa shape index (κ1) is 12.8. The van der Waals surface area contributed by atoms with E-state index in [1.165, 1.54) is 10.7 Å². The van der Waals surface area contributed by atoms with E-state index in [1.807, 2.05) is 24.3 Å². The van der Waals surface area contributed by atoms with Crippen molar-refractivity contribution in [1.82, 2.24) is 14.4 Å². The molecule has 0 saturated heterocycles. The summed E-state index contributed by atoms with van der Waals surface area (Å²) in [5, 5.41) is 9.26. The number of imidazole rings is 1. The normalized spacial score (nSPS) is 10.9. The van der Waals surface area contributed by atoms with Gasteiger partial charge in [0.2, 0.25) is 0 Å². The summed E-state index contributed by atoms with van der Waals surface area (Å²) in [7, 11) is 0. The Balaban J connectivity index is 2.30. The molecule has 5 nitrogen and oxygen atoms in total. The molecule has 20 heavy (non-hydrogen) atoms. The minimum Gasteiger partial charge on any atom is -0.477 e. The third-order valence-corrected chi connectivity index (χ3v) is 3.60. The summed E-state index contributed by atoms with van der Waals surface area (Å²) in [6, 6.07) is 7.72. The van der Waals surface area contributed by atoms with Crippen molar-refractivity contribution in [2.24, 2.45) is 0 Å². The highest BCUT2D eigenvalue weighted by atomic mass is 79.9. The Kier molecular flexibility index (Phi) is 3.02. The number of aromatic nitrogens is 3. The van der Waals surface area contributed by atoms with Crippen molar-refractivity contribution in [3.05, 3.63) is 52.7 Å². The van der Waals surface area contributed by atoms with Gasteiger partial charge in [-0.2, -0.15) is 0 Å². The van der Waals surface area contributed by atoms with Gasteiger partial charge in [0.1, 0.15) is 12.0 Å². The molecule has 1 aromatic carbocycles. The molecule has 1 N–H and O–H groups in total. The lowest BCUT2D eigenvalue weighted by Gasteiger charge is -2.04. The van der Waals surface area contributed by atoms with Gasteiger partial charge in [-0.3, -0.25) is 4.40 Å². The number of carboxylic acids is 1. The number of hydrogen-bond donors (Lipinski definition) is 1. The summed E-state index contributed by atoms with van der Waals surface area (Å²) in [5.41, 5.74) is 2.95. The SMILES string of the molecule is Cc1nc2c(-c3ccc(Br)cc3)cncn2c1C(=O)O. The maximum Gasteiger partial charge on any atom is 0.354 e. The van der Waals surface area contributed by atoms with Crippen molar-refractivity contribution in [3.8, 4) is 11.1 Å². The van der Waals surface area contributed by atoms with Crippen LogP contribution >= 0.6 is 15.9 Å². The molecule has 0 aliphatic rings. The van der Waals surface area contributed by atoms with Crippen molar-refractivity contribution in [1.29, 1.82) is 0 Å². The minimum atomic E-state index is -1.01. The zero-order valence-corrected chi connectivity index (χ0v) is 12.1. The molecule has 0 unspecified atom stereocenters. The van der Waals surface area contributed by atoms with Crippen molar-refractivity contribution < 1.29 is 9.90 Å². The van der Waals surface area contributed by atoms with Crippen molar-refractivity contribution in [3.63, 3.8) is 0 Å². The number of fused-ring (bicyclic) bond motifs is 1. The molecule has 0 aliphatic heterocycles. The molecule has 3 rings (SSSR count). The van der Waals surface area contributed by atoms with Gasteiger partial charge in [0.05, 0.1) is 5.69 Å². The van der Waals surface area contributed by atoms with E-state index in [-0.39, 0.29) is 5.69 Å². The first-order valence-electron chi connectivity index (χ1n) is 5.90. The van der Waals surface area contributed by atoms with Crippen LogP contribution in [-0.4, -0.2) is 25.4 Å². The van der Waals surface area contributed by atoms with Crippen LogP contribution in [0.25, 0.3) is 16.8 Å². The zero-order valence-electron chi connectivity index (χ0n) is 10.5. The third kappa shape index (κ3) is 1.98. The predicted molar refractivity (Wildman–Crippen MR) is 77.8 cm³/mol. The van der Waals surface area contributed by atoms with Crippen LogP contribution in [0.3, 0.4) is 0 Å². The van der Waals surface area contributed by atoms with Crippen molar-refractivity contribution >= 4 is 27.5 Å². The Morgan fingerprint density at radius 3 is 2.65 bits per heavy atom. The first-order chi connectivity index (χ1) is 9.58. The predicted octanol–water partition coefficient (Wildman–Crippen LogP) is 3.17. The van der Waals surface area contributed by atoms with Crippen molar-refractivity contribution in [2.45, 2.75) is 6.92 Å². The maximum absolute atomic E-state index is 11.3. The molecule has 0 saturated carbocycles. The molecule has 2 aromatic heterocycles. The Labute approximate surface area is 123 Å². The lowest BCUT2D eigenvalue weighted by molar-refractivity contribution is 0.0688. The summed E-state index contributed by atoms with van der Waals surface area (Å²) >= 11 is 3.39. The summed E-state index contributed by atoms with van der Waals surface area (Å²) in [4.78, 5) is 19.8. The Bertz CT molecular complexity index is 809. The average Bonchev–Trinajstić information content (AvgIpc) is 2.75. The summed E-state index contributed by atoms with van der Waals surface area (Å²) in [6.45, 7) is 1.68. The van der Waals surface area contributed by atoms with Crippen molar-refractivity contribution in [2.75, 3.05) is 0 Å². The van der Waals surface area contributed by atoms with Gasteiger partial charge in [0.25, 0.3) is 0 Å². The molecule has 0 amide bonds. The van der Waals surface area contributed by atoms with Gasteiger partial charge in [0, 0.05) is 16.2 Å². The Hall–Kier alpha value is -2.21. The highest BCUT2D eigenvalue weighted by Gasteiger charge is 2.18. The topological polar surface area (TPSA) is 67.5 Å². The van der Waals surface area contributed by atoms with E-state index < -0.39 is 5.97 Å². The van der Waals surface area contributed by atoms with E-state index in [2.05, 4.69) is 25.9 Å². The van der Waals surface area contributed by atoms with Gasteiger partial charge >= 0.3 is 5.97 Å². The fraction of sp³-hybridized carbons (Fsp3) is 0.0714. The van der Waals surface area contributed by atoms with Crippen LogP contribution in [0, 0.1) is 6.92 Å². The smallest absolute Gasteiger partial charge is 0.354 e. The van der Waals surface area contributed by atoms with Crippen LogP contribution in [0.15, 0.2) is 41.3 Å². The molecule has 0 atom stereocenters. The van der Waals surface area contributed by atoms with Crippen LogP contribution in [0.2, 0.25) is 0 Å². The summed E-state index contributed by atoms with van der Waals surface area (Å²) in [6.07, 6.45) is 3.16. The van der Waals surface area contributed by atoms with Gasteiger partial charge < -0.3 is 5.11 Å². The number of benzene rings is 1. The third-order valence-electron chi connectivity index (χ3n) is 3.07. The zero-order chi connectivity index (χ0) is 14.3. The second-order valence-electron chi connectivity index (χ2n) is 4.36. The second-order valence-corrected chi connectivity index (χ2v) is 5.27. The van der Waals surface area contributed by atoms with Gasteiger partial charge in [-0.25, -0.2) is 14.8 Å². The summed E-state index contributed by atoms with van der Waals surface area (Å²) in [5.74, 6) is -1.01. The highest BCUT2D eigenvalue weighted by Crippen LogP contribution is 2.26. The van der Waals surface area contributed by atoms with Crippen LogP contribution in [0.1, 0.15) is 16.2 Å². The molecule has 100 valence electrons. The van der Waals surface area contributed by atoms with E-state index in [0.29, 0.717) is 11.3 Å². The number of aryl methyl sites for hydroxylation is 1. The quantitative estimate of drug-likeness (QED) is 0.783. The Morgan fingerprint density at radius 1 is 1.30 bits per heavy atom. The second kappa shape index (κ2) is 4.72. The number of hydrogen-bond acceptors (Lipinski definition) is 3. The van der Waals surface area contributed by atoms with Gasteiger partial charge in [-0.1, -0.05) is 28.1 Å². The molecule has 2 heterocycles. The number of carboxylic acid groups (broad SMARTS) is 1. The van der Waals surface area contributed by atoms with Crippen LogP contribution in [-0.2, 0) is 0 Å².